The number of nitrogen functional groups attached to an aromatic ring is 1. The average Bonchev–Trinajstić information content (AvgIpc) is 2.83. The second-order valence-electron chi connectivity index (χ2n) is 5.38. The molecule has 4 heteroatoms. The molecule has 0 aliphatic heterocycles. The molecule has 1 aromatic rings. The molecule has 2 N–H and O–H groups in total. The van der Waals surface area contributed by atoms with Crippen LogP contribution in [0.4, 0.5) is 11.6 Å². The van der Waals surface area contributed by atoms with Gasteiger partial charge < -0.3 is 10.6 Å². The van der Waals surface area contributed by atoms with Crippen molar-refractivity contribution in [3.8, 4) is 0 Å². The fourth-order valence-corrected chi connectivity index (χ4v) is 2.98. The van der Waals surface area contributed by atoms with E-state index in [0.717, 1.165) is 17.9 Å². The van der Waals surface area contributed by atoms with Crippen molar-refractivity contribution in [2.45, 2.75) is 58.4 Å². The number of nitrogens with two attached hydrogens (primary N) is 1. The molecule has 0 bridgehead atoms. The third kappa shape index (κ3) is 2.42. The standard InChI is InChI=1S/C14H24N4/c1-4-18(11-7-5-6-8-11)14-12(10(2)3)13(15)16-9-17-14/h9-11H,4-8H2,1-3H3,(H2,15,16,17). The number of nitrogens with zero attached hydrogens (tertiary/aromatic N) is 3. The predicted molar refractivity (Wildman–Crippen MR) is 75.8 cm³/mol. The van der Waals surface area contributed by atoms with Crippen LogP contribution in [0.15, 0.2) is 6.33 Å². The Hall–Kier alpha value is -1.32. The molecule has 1 fully saturated rings. The van der Waals surface area contributed by atoms with E-state index in [4.69, 9.17) is 5.73 Å². The van der Waals surface area contributed by atoms with E-state index in [2.05, 4.69) is 35.6 Å². The molecule has 0 unspecified atom stereocenters. The van der Waals surface area contributed by atoms with Crippen molar-refractivity contribution in [1.82, 2.24) is 9.97 Å². The van der Waals surface area contributed by atoms with Crippen molar-refractivity contribution in [1.29, 1.82) is 0 Å². The van der Waals surface area contributed by atoms with Crippen LogP contribution in [0.3, 0.4) is 0 Å². The molecule has 0 spiro atoms. The van der Waals surface area contributed by atoms with Gasteiger partial charge in [-0.15, -0.1) is 0 Å². The first kappa shape index (κ1) is 13.1. The SMILES string of the molecule is CCN(c1ncnc(N)c1C(C)C)C1CCCC1. The van der Waals surface area contributed by atoms with Crippen LogP contribution in [0.2, 0.25) is 0 Å². The summed E-state index contributed by atoms with van der Waals surface area (Å²) in [6, 6.07) is 0.627. The van der Waals surface area contributed by atoms with Crippen LogP contribution in [0.25, 0.3) is 0 Å². The Balaban J connectivity index is 2.38. The normalized spacial score (nSPS) is 16.4. The highest BCUT2D eigenvalue weighted by Gasteiger charge is 2.26. The Labute approximate surface area is 110 Å². The van der Waals surface area contributed by atoms with E-state index in [9.17, 15) is 0 Å². The minimum absolute atomic E-state index is 0.358. The lowest BCUT2D eigenvalue weighted by atomic mass is 10.0. The molecule has 1 heterocycles. The summed E-state index contributed by atoms with van der Waals surface area (Å²) in [5, 5.41) is 0. The first-order chi connectivity index (χ1) is 8.65. The van der Waals surface area contributed by atoms with Crippen LogP contribution >= 0.6 is 0 Å². The minimum Gasteiger partial charge on any atom is -0.383 e. The van der Waals surface area contributed by atoms with Crippen molar-refractivity contribution in [2.24, 2.45) is 0 Å². The maximum absolute atomic E-state index is 6.04. The second kappa shape index (κ2) is 5.55. The van der Waals surface area contributed by atoms with Gasteiger partial charge >= 0.3 is 0 Å². The van der Waals surface area contributed by atoms with Crippen molar-refractivity contribution in [3.05, 3.63) is 11.9 Å². The summed E-state index contributed by atoms with van der Waals surface area (Å²) in [4.78, 5) is 11.1. The monoisotopic (exact) mass is 248 g/mol. The smallest absolute Gasteiger partial charge is 0.137 e. The average molecular weight is 248 g/mol. The largest absolute Gasteiger partial charge is 0.383 e. The molecule has 2 rings (SSSR count). The molecule has 0 saturated heterocycles. The number of hydrogen-bond acceptors (Lipinski definition) is 4. The molecular formula is C14H24N4. The van der Waals surface area contributed by atoms with Gasteiger partial charge in [-0.3, -0.25) is 0 Å². The lowest BCUT2D eigenvalue weighted by molar-refractivity contribution is 0.607. The Morgan fingerprint density at radius 2 is 2.00 bits per heavy atom. The number of anilines is 2. The number of aromatic nitrogens is 2. The van der Waals surface area contributed by atoms with Gasteiger partial charge in [-0.25, -0.2) is 9.97 Å². The van der Waals surface area contributed by atoms with Gasteiger partial charge in [-0.05, 0) is 25.7 Å². The van der Waals surface area contributed by atoms with Crippen molar-refractivity contribution in [2.75, 3.05) is 17.2 Å². The molecule has 1 aliphatic rings. The van der Waals surface area contributed by atoms with Gasteiger partial charge in [0.1, 0.15) is 18.0 Å². The summed E-state index contributed by atoms with van der Waals surface area (Å²) in [5.41, 5.74) is 7.14. The fourth-order valence-electron chi connectivity index (χ4n) is 2.98. The zero-order chi connectivity index (χ0) is 13.1. The predicted octanol–water partition coefficient (Wildman–Crippen LogP) is 2.95. The summed E-state index contributed by atoms with van der Waals surface area (Å²) < 4.78 is 0. The molecule has 0 atom stereocenters. The summed E-state index contributed by atoms with van der Waals surface area (Å²) in [6.07, 6.45) is 6.80. The summed E-state index contributed by atoms with van der Waals surface area (Å²) in [7, 11) is 0. The molecule has 100 valence electrons. The molecule has 1 aliphatic carbocycles. The number of hydrogen-bond donors (Lipinski definition) is 1. The summed E-state index contributed by atoms with van der Waals surface area (Å²) >= 11 is 0. The zero-order valence-electron chi connectivity index (χ0n) is 11.7. The topological polar surface area (TPSA) is 55.0 Å². The third-order valence-corrected chi connectivity index (χ3v) is 3.85. The van der Waals surface area contributed by atoms with Gasteiger partial charge in [0.25, 0.3) is 0 Å². The zero-order valence-corrected chi connectivity index (χ0v) is 11.7. The molecule has 4 nitrogen and oxygen atoms in total. The van der Waals surface area contributed by atoms with Crippen molar-refractivity contribution in [3.63, 3.8) is 0 Å². The Bertz CT molecular complexity index is 397. The lowest BCUT2D eigenvalue weighted by Crippen LogP contribution is -2.35. The van der Waals surface area contributed by atoms with Gasteiger partial charge in [0.05, 0.1) is 0 Å². The Morgan fingerprint density at radius 3 is 2.56 bits per heavy atom. The summed E-state index contributed by atoms with van der Waals surface area (Å²) in [6.45, 7) is 7.49. The maximum atomic E-state index is 6.04. The molecule has 1 saturated carbocycles. The van der Waals surface area contributed by atoms with Gasteiger partial charge in [0.15, 0.2) is 0 Å². The van der Waals surface area contributed by atoms with Gasteiger partial charge in [0.2, 0.25) is 0 Å². The first-order valence-electron chi connectivity index (χ1n) is 7.02. The van der Waals surface area contributed by atoms with Crippen LogP contribution in [-0.2, 0) is 0 Å². The number of rotatable bonds is 4. The van der Waals surface area contributed by atoms with Crippen LogP contribution in [0.1, 0.15) is 57.9 Å². The molecule has 0 radical (unpaired) electrons. The van der Waals surface area contributed by atoms with Gasteiger partial charge in [0, 0.05) is 18.2 Å². The quantitative estimate of drug-likeness (QED) is 0.890. The Kier molecular flexibility index (Phi) is 4.04. The van der Waals surface area contributed by atoms with E-state index in [-0.39, 0.29) is 0 Å². The minimum atomic E-state index is 0.358. The van der Waals surface area contributed by atoms with E-state index in [1.54, 1.807) is 6.33 Å². The van der Waals surface area contributed by atoms with Gasteiger partial charge in [-0.1, -0.05) is 26.7 Å². The summed E-state index contributed by atoms with van der Waals surface area (Å²) in [5.74, 6) is 2.04. The van der Waals surface area contributed by atoms with Crippen LogP contribution in [0.5, 0.6) is 0 Å². The van der Waals surface area contributed by atoms with E-state index in [1.165, 1.54) is 25.7 Å². The molecule has 0 aromatic carbocycles. The molecule has 18 heavy (non-hydrogen) atoms. The highest BCUT2D eigenvalue weighted by molar-refractivity contribution is 5.58. The Morgan fingerprint density at radius 1 is 1.33 bits per heavy atom. The highest BCUT2D eigenvalue weighted by atomic mass is 15.2. The van der Waals surface area contributed by atoms with Gasteiger partial charge in [-0.2, -0.15) is 0 Å². The third-order valence-electron chi connectivity index (χ3n) is 3.85. The van der Waals surface area contributed by atoms with Crippen molar-refractivity contribution >= 4 is 11.6 Å². The fraction of sp³-hybridized carbons (Fsp3) is 0.714. The van der Waals surface area contributed by atoms with E-state index in [1.807, 2.05) is 0 Å². The van der Waals surface area contributed by atoms with E-state index < -0.39 is 0 Å². The van der Waals surface area contributed by atoms with E-state index in [0.29, 0.717) is 17.8 Å². The second-order valence-corrected chi connectivity index (χ2v) is 5.38. The molecule has 0 amide bonds. The molecule has 1 aromatic heterocycles. The van der Waals surface area contributed by atoms with Crippen LogP contribution in [-0.4, -0.2) is 22.6 Å². The van der Waals surface area contributed by atoms with E-state index >= 15 is 0 Å². The maximum Gasteiger partial charge on any atom is 0.137 e. The lowest BCUT2D eigenvalue weighted by Gasteiger charge is -2.31. The highest BCUT2D eigenvalue weighted by Crippen LogP contribution is 2.33. The van der Waals surface area contributed by atoms with Crippen LogP contribution < -0.4 is 10.6 Å². The van der Waals surface area contributed by atoms with Crippen molar-refractivity contribution < 1.29 is 0 Å². The molecular weight excluding hydrogens is 224 g/mol. The van der Waals surface area contributed by atoms with Crippen LogP contribution in [0, 0.1) is 0 Å². The first-order valence-corrected chi connectivity index (χ1v) is 7.02.